The Morgan fingerprint density at radius 3 is 2.12 bits per heavy atom. The molecule has 0 radical (unpaired) electrons. The minimum absolute atomic E-state index is 0.191. The van der Waals surface area contributed by atoms with Gasteiger partial charge in [0.2, 0.25) is 0 Å². The van der Waals surface area contributed by atoms with Crippen LogP contribution >= 0.6 is 34.8 Å². The van der Waals surface area contributed by atoms with Gasteiger partial charge in [-0.3, -0.25) is 4.79 Å². The van der Waals surface area contributed by atoms with Gasteiger partial charge < -0.3 is 4.74 Å². The Balaban J connectivity index is 4.17. The number of carbonyl (C=O) groups is 1. The molecule has 0 N–H and O–H groups in total. The largest absolute Gasteiger partial charge is 0.466 e. The van der Waals surface area contributed by atoms with E-state index in [-0.39, 0.29) is 5.97 Å². The third-order valence-corrected chi connectivity index (χ3v) is 2.60. The summed E-state index contributed by atoms with van der Waals surface area (Å²) in [6, 6.07) is 0. The van der Waals surface area contributed by atoms with E-state index in [9.17, 15) is 4.79 Å². The number of hydrogen-bond donors (Lipinski definition) is 0. The molecule has 0 aliphatic heterocycles. The van der Waals surface area contributed by atoms with Crippen molar-refractivity contribution in [3.8, 4) is 0 Å². The summed E-state index contributed by atoms with van der Waals surface area (Å²) < 4.78 is 3.56. The van der Waals surface area contributed by atoms with Gasteiger partial charge in [-0.05, 0) is 27.2 Å². The number of hydrogen-bond acceptors (Lipinski definition) is 2. The van der Waals surface area contributed by atoms with Crippen molar-refractivity contribution < 1.29 is 9.53 Å². The second-order valence-corrected chi connectivity index (χ2v) is 6.17. The molecule has 0 amide bonds. The normalized spacial score (nSPS) is 13.4. The van der Waals surface area contributed by atoms with Crippen molar-refractivity contribution >= 4 is 40.8 Å². The highest BCUT2D eigenvalue weighted by atomic mass is 35.6. The van der Waals surface area contributed by atoms with Crippen molar-refractivity contribution in [1.29, 1.82) is 0 Å². The lowest BCUT2D eigenvalue weighted by molar-refractivity contribution is -0.143. The standard InChI is InChI=1S/C11H17Cl3O2/c1-4-16-10(15)6-5-8(2)9(3)7-11(12,13)14/h4-7H2,1-3H3. The number of rotatable bonds is 5. The third kappa shape index (κ3) is 8.26. The van der Waals surface area contributed by atoms with Crippen LogP contribution in [0.3, 0.4) is 0 Å². The lowest BCUT2D eigenvalue weighted by atomic mass is 10.0. The van der Waals surface area contributed by atoms with Crippen LogP contribution in [0, 0.1) is 0 Å². The van der Waals surface area contributed by atoms with Crippen LogP contribution in [0.4, 0.5) is 0 Å². The first kappa shape index (κ1) is 16.1. The van der Waals surface area contributed by atoms with Crippen LogP contribution < -0.4 is 0 Å². The summed E-state index contributed by atoms with van der Waals surface area (Å²) in [5.74, 6) is -0.191. The summed E-state index contributed by atoms with van der Waals surface area (Å²) in [6.45, 7) is 6.04. The molecule has 0 atom stereocenters. The van der Waals surface area contributed by atoms with Crippen molar-refractivity contribution in [3.63, 3.8) is 0 Å². The lowest BCUT2D eigenvalue weighted by Crippen LogP contribution is -2.06. The van der Waals surface area contributed by atoms with Crippen LogP contribution in [0.1, 0.15) is 40.0 Å². The fourth-order valence-electron chi connectivity index (χ4n) is 1.19. The fraction of sp³-hybridized carbons (Fsp3) is 0.727. The van der Waals surface area contributed by atoms with Gasteiger partial charge in [-0.15, -0.1) is 0 Å². The third-order valence-electron chi connectivity index (χ3n) is 2.20. The van der Waals surface area contributed by atoms with E-state index in [1.54, 1.807) is 6.92 Å². The molecule has 0 fully saturated rings. The molecule has 5 heteroatoms. The summed E-state index contributed by atoms with van der Waals surface area (Å²) in [7, 11) is 0. The lowest BCUT2D eigenvalue weighted by Gasteiger charge is -2.13. The summed E-state index contributed by atoms with van der Waals surface area (Å²) in [5.41, 5.74) is 2.07. The van der Waals surface area contributed by atoms with Gasteiger partial charge >= 0.3 is 5.97 Å². The van der Waals surface area contributed by atoms with Gasteiger partial charge in [-0.2, -0.15) is 0 Å². The second-order valence-electron chi connectivity index (χ2n) is 3.66. The number of allylic oxidation sites excluding steroid dienone is 2. The Bertz CT molecular complexity index is 267. The van der Waals surface area contributed by atoms with E-state index in [0.717, 1.165) is 11.1 Å². The van der Waals surface area contributed by atoms with Crippen molar-refractivity contribution in [2.24, 2.45) is 0 Å². The van der Waals surface area contributed by atoms with E-state index >= 15 is 0 Å². The van der Waals surface area contributed by atoms with Crippen LogP contribution in [0.25, 0.3) is 0 Å². The highest BCUT2D eigenvalue weighted by Crippen LogP contribution is 2.34. The smallest absolute Gasteiger partial charge is 0.306 e. The molecular weight excluding hydrogens is 270 g/mol. The predicted molar refractivity (Wildman–Crippen MR) is 69.1 cm³/mol. The SMILES string of the molecule is CCOC(=O)CCC(C)=C(C)CC(Cl)(Cl)Cl. The Morgan fingerprint density at radius 1 is 1.12 bits per heavy atom. The van der Waals surface area contributed by atoms with Crippen LogP contribution in [0.5, 0.6) is 0 Å². The highest BCUT2D eigenvalue weighted by molar-refractivity contribution is 6.67. The predicted octanol–water partition coefficient (Wildman–Crippen LogP) is 4.43. The average molecular weight is 288 g/mol. The molecule has 16 heavy (non-hydrogen) atoms. The van der Waals surface area contributed by atoms with Gasteiger partial charge in [0.1, 0.15) is 0 Å². The molecule has 0 aliphatic carbocycles. The van der Waals surface area contributed by atoms with Gasteiger partial charge in [-0.25, -0.2) is 0 Å². The number of esters is 1. The minimum atomic E-state index is -1.27. The molecule has 0 aromatic rings. The van der Waals surface area contributed by atoms with Gasteiger partial charge in [0.05, 0.1) is 6.61 Å². The van der Waals surface area contributed by atoms with E-state index in [4.69, 9.17) is 39.5 Å². The molecule has 0 saturated carbocycles. The summed E-state index contributed by atoms with van der Waals surface area (Å²) >= 11 is 17.1. The molecule has 2 nitrogen and oxygen atoms in total. The van der Waals surface area contributed by atoms with Crippen LogP contribution in [0.2, 0.25) is 0 Å². The number of ether oxygens (including phenoxy) is 1. The molecule has 0 aromatic carbocycles. The van der Waals surface area contributed by atoms with Crippen LogP contribution in [0.15, 0.2) is 11.1 Å². The Morgan fingerprint density at radius 2 is 1.69 bits per heavy atom. The van der Waals surface area contributed by atoms with Gasteiger partial charge in [0.25, 0.3) is 0 Å². The monoisotopic (exact) mass is 286 g/mol. The topological polar surface area (TPSA) is 26.3 Å². The van der Waals surface area contributed by atoms with Gasteiger partial charge in [0.15, 0.2) is 3.79 Å². The molecule has 0 aliphatic rings. The molecule has 0 spiro atoms. The number of carbonyl (C=O) groups excluding carboxylic acids is 1. The van der Waals surface area contributed by atoms with Crippen molar-refractivity contribution in [2.75, 3.05) is 6.61 Å². The molecule has 94 valence electrons. The van der Waals surface area contributed by atoms with E-state index in [0.29, 0.717) is 25.9 Å². The summed E-state index contributed by atoms with van der Waals surface area (Å²) in [6.07, 6.45) is 1.40. The molecule has 0 bridgehead atoms. The fourth-order valence-corrected chi connectivity index (χ4v) is 1.79. The van der Waals surface area contributed by atoms with E-state index < -0.39 is 3.79 Å². The van der Waals surface area contributed by atoms with Crippen molar-refractivity contribution in [2.45, 2.75) is 43.8 Å². The summed E-state index contributed by atoms with van der Waals surface area (Å²) in [4.78, 5) is 11.1. The highest BCUT2D eigenvalue weighted by Gasteiger charge is 2.20. The molecule has 0 heterocycles. The zero-order chi connectivity index (χ0) is 12.8. The molecule has 0 rings (SSSR count). The molecular formula is C11H17Cl3O2. The van der Waals surface area contributed by atoms with E-state index in [1.165, 1.54) is 0 Å². The molecule has 0 aromatic heterocycles. The second kappa shape index (κ2) is 7.41. The van der Waals surface area contributed by atoms with Gasteiger partial charge in [0, 0.05) is 12.8 Å². The summed E-state index contributed by atoms with van der Waals surface area (Å²) in [5, 5.41) is 0. The quantitative estimate of drug-likeness (QED) is 0.425. The Labute approximate surface area is 112 Å². The van der Waals surface area contributed by atoms with Crippen LogP contribution in [-0.4, -0.2) is 16.4 Å². The maximum absolute atomic E-state index is 11.1. The zero-order valence-electron chi connectivity index (χ0n) is 9.78. The number of alkyl halides is 3. The first-order valence-corrected chi connectivity index (χ1v) is 6.27. The van der Waals surface area contributed by atoms with Crippen molar-refractivity contribution in [1.82, 2.24) is 0 Å². The van der Waals surface area contributed by atoms with E-state index in [2.05, 4.69) is 0 Å². The van der Waals surface area contributed by atoms with Crippen LogP contribution in [-0.2, 0) is 9.53 Å². The first-order chi connectivity index (χ1) is 7.26. The Hall–Kier alpha value is 0.0800. The van der Waals surface area contributed by atoms with Crippen molar-refractivity contribution in [3.05, 3.63) is 11.1 Å². The zero-order valence-corrected chi connectivity index (χ0v) is 12.0. The maximum Gasteiger partial charge on any atom is 0.306 e. The number of halogens is 3. The minimum Gasteiger partial charge on any atom is -0.466 e. The average Bonchev–Trinajstić information content (AvgIpc) is 2.11. The molecule has 0 saturated heterocycles. The Kier molecular flexibility index (Phi) is 7.45. The van der Waals surface area contributed by atoms with Gasteiger partial charge in [-0.1, -0.05) is 45.9 Å². The van der Waals surface area contributed by atoms with E-state index in [1.807, 2.05) is 13.8 Å². The first-order valence-electron chi connectivity index (χ1n) is 5.14. The maximum atomic E-state index is 11.1. The molecule has 0 unspecified atom stereocenters.